The van der Waals surface area contributed by atoms with Crippen molar-refractivity contribution in [1.82, 2.24) is 19.4 Å². The molecule has 1 atom stereocenters. The largest absolute Gasteiger partial charge is 0.495 e. The van der Waals surface area contributed by atoms with E-state index in [0.717, 1.165) is 4.57 Å². The summed E-state index contributed by atoms with van der Waals surface area (Å²) in [6, 6.07) is 4.83. The first-order chi connectivity index (χ1) is 15.9. The summed E-state index contributed by atoms with van der Waals surface area (Å²) in [4.78, 5) is 53.8. The van der Waals surface area contributed by atoms with E-state index in [9.17, 15) is 24.3 Å². The number of carboxylic acid groups (broad SMARTS) is 1. The minimum absolute atomic E-state index is 0.0818. The lowest BCUT2D eigenvalue weighted by atomic mass is 10.0. The average Bonchev–Trinajstić information content (AvgIpc) is 2.76. The number of hydrogen-bond donors (Lipinski definition) is 2. The SMILES string of the molecule is COc1cc(CC(NC(=O)OC(C)(C)C)C(=O)O)ccc1-n1c(=O)c2ccncc2n(C)c1=O. The highest BCUT2D eigenvalue weighted by Gasteiger charge is 2.25. The minimum Gasteiger partial charge on any atom is -0.495 e. The van der Waals surface area contributed by atoms with Gasteiger partial charge in [-0.3, -0.25) is 14.3 Å². The van der Waals surface area contributed by atoms with E-state index in [1.54, 1.807) is 26.8 Å². The second-order valence-corrected chi connectivity index (χ2v) is 8.62. The van der Waals surface area contributed by atoms with Crippen molar-refractivity contribution in [1.29, 1.82) is 0 Å². The molecule has 2 heterocycles. The monoisotopic (exact) mass is 470 g/mol. The molecule has 0 aliphatic heterocycles. The van der Waals surface area contributed by atoms with Crippen molar-refractivity contribution in [2.24, 2.45) is 7.05 Å². The molecule has 3 aromatic rings. The molecule has 3 rings (SSSR count). The van der Waals surface area contributed by atoms with Crippen LogP contribution >= 0.6 is 0 Å². The molecule has 0 aliphatic rings. The third kappa shape index (κ3) is 5.08. The van der Waals surface area contributed by atoms with E-state index in [1.807, 2.05) is 0 Å². The number of amides is 1. The Morgan fingerprint density at radius 3 is 2.53 bits per heavy atom. The molecule has 180 valence electrons. The molecular weight excluding hydrogens is 444 g/mol. The smallest absolute Gasteiger partial charge is 0.408 e. The maximum atomic E-state index is 13.1. The molecule has 1 amide bonds. The molecular formula is C23H26N4O7. The second kappa shape index (κ2) is 9.38. The number of ether oxygens (including phenoxy) is 2. The van der Waals surface area contributed by atoms with Crippen LogP contribution in [0.25, 0.3) is 16.6 Å². The van der Waals surface area contributed by atoms with Gasteiger partial charge in [0.15, 0.2) is 0 Å². The first-order valence-corrected chi connectivity index (χ1v) is 10.4. The maximum Gasteiger partial charge on any atom is 0.408 e. The van der Waals surface area contributed by atoms with Gasteiger partial charge in [0.1, 0.15) is 17.4 Å². The van der Waals surface area contributed by atoms with Crippen LogP contribution in [0.3, 0.4) is 0 Å². The zero-order chi connectivity index (χ0) is 25.2. The van der Waals surface area contributed by atoms with E-state index < -0.39 is 35.0 Å². The average molecular weight is 470 g/mol. The number of rotatable bonds is 6. The van der Waals surface area contributed by atoms with Gasteiger partial charge in [-0.25, -0.2) is 19.0 Å². The number of carbonyl (C=O) groups excluding carboxylic acids is 1. The highest BCUT2D eigenvalue weighted by Crippen LogP contribution is 2.24. The third-order valence-electron chi connectivity index (χ3n) is 4.99. The van der Waals surface area contributed by atoms with Gasteiger partial charge in [-0.15, -0.1) is 0 Å². The van der Waals surface area contributed by atoms with Gasteiger partial charge in [-0.2, -0.15) is 0 Å². The van der Waals surface area contributed by atoms with Crippen molar-refractivity contribution in [2.75, 3.05) is 7.11 Å². The summed E-state index contributed by atoms with van der Waals surface area (Å²) in [5.74, 6) is -1.06. The fourth-order valence-electron chi connectivity index (χ4n) is 3.43. The molecule has 0 bridgehead atoms. The number of aryl methyl sites for hydroxylation is 1. The van der Waals surface area contributed by atoms with E-state index >= 15 is 0 Å². The van der Waals surface area contributed by atoms with Crippen LogP contribution in [0, 0.1) is 0 Å². The normalized spacial score (nSPS) is 12.3. The predicted molar refractivity (Wildman–Crippen MR) is 124 cm³/mol. The fourth-order valence-corrected chi connectivity index (χ4v) is 3.43. The van der Waals surface area contributed by atoms with Crippen LogP contribution in [-0.4, -0.2) is 50.0 Å². The van der Waals surface area contributed by atoms with Crippen molar-refractivity contribution in [3.8, 4) is 11.4 Å². The van der Waals surface area contributed by atoms with Gasteiger partial charge in [0.2, 0.25) is 0 Å². The Morgan fingerprint density at radius 2 is 1.91 bits per heavy atom. The van der Waals surface area contributed by atoms with Gasteiger partial charge in [0.05, 0.1) is 29.9 Å². The topological polar surface area (TPSA) is 142 Å². The quantitative estimate of drug-likeness (QED) is 0.553. The van der Waals surface area contributed by atoms with Crippen LogP contribution in [0.4, 0.5) is 4.79 Å². The highest BCUT2D eigenvalue weighted by molar-refractivity contribution is 5.80. The van der Waals surface area contributed by atoms with E-state index in [4.69, 9.17) is 9.47 Å². The summed E-state index contributed by atoms with van der Waals surface area (Å²) in [5, 5.41) is 12.2. The van der Waals surface area contributed by atoms with Crippen LogP contribution < -0.4 is 21.3 Å². The zero-order valence-corrected chi connectivity index (χ0v) is 19.5. The number of benzene rings is 1. The highest BCUT2D eigenvalue weighted by atomic mass is 16.6. The molecule has 11 heteroatoms. The maximum absolute atomic E-state index is 13.1. The van der Waals surface area contributed by atoms with Crippen molar-refractivity contribution in [3.63, 3.8) is 0 Å². The van der Waals surface area contributed by atoms with Gasteiger partial charge >= 0.3 is 17.8 Å². The summed E-state index contributed by atoms with van der Waals surface area (Å²) in [6.45, 7) is 5.00. The first kappa shape index (κ1) is 24.5. The molecule has 0 fully saturated rings. The van der Waals surface area contributed by atoms with Crippen molar-refractivity contribution in [3.05, 3.63) is 63.1 Å². The third-order valence-corrected chi connectivity index (χ3v) is 4.99. The number of aromatic nitrogens is 3. The predicted octanol–water partition coefficient (Wildman–Crippen LogP) is 1.61. The Balaban J connectivity index is 2.00. The summed E-state index contributed by atoms with van der Waals surface area (Å²) in [6.07, 6.45) is 1.96. The van der Waals surface area contributed by atoms with Crippen LogP contribution in [0.5, 0.6) is 5.75 Å². The minimum atomic E-state index is -1.27. The molecule has 1 aromatic carbocycles. The van der Waals surface area contributed by atoms with E-state index in [-0.39, 0.29) is 17.9 Å². The first-order valence-electron chi connectivity index (χ1n) is 10.4. The fraction of sp³-hybridized carbons (Fsp3) is 0.348. The Labute approximate surface area is 194 Å². The van der Waals surface area contributed by atoms with Crippen molar-refractivity contribution >= 4 is 23.0 Å². The number of carbonyl (C=O) groups is 2. The van der Waals surface area contributed by atoms with E-state index in [0.29, 0.717) is 16.5 Å². The molecule has 2 aromatic heterocycles. The molecule has 0 spiro atoms. The Kier molecular flexibility index (Phi) is 6.75. The zero-order valence-electron chi connectivity index (χ0n) is 19.5. The molecule has 0 saturated carbocycles. The molecule has 34 heavy (non-hydrogen) atoms. The Morgan fingerprint density at radius 1 is 1.21 bits per heavy atom. The lowest BCUT2D eigenvalue weighted by Gasteiger charge is -2.22. The van der Waals surface area contributed by atoms with E-state index in [2.05, 4.69) is 10.3 Å². The summed E-state index contributed by atoms with van der Waals surface area (Å²) in [7, 11) is 2.90. The summed E-state index contributed by atoms with van der Waals surface area (Å²) in [5.41, 5.74) is -0.829. The summed E-state index contributed by atoms with van der Waals surface area (Å²) < 4.78 is 12.8. The van der Waals surface area contributed by atoms with Crippen molar-refractivity contribution < 1.29 is 24.2 Å². The number of carboxylic acids is 1. The van der Waals surface area contributed by atoms with Gasteiger partial charge < -0.3 is 19.9 Å². The second-order valence-electron chi connectivity index (χ2n) is 8.62. The van der Waals surface area contributed by atoms with Crippen LogP contribution in [0.2, 0.25) is 0 Å². The molecule has 0 aliphatic carbocycles. The van der Waals surface area contributed by atoms with Gasteiger partial charge in [0.25, 0.3) is 5.56 Å². The number of fused-ring (bicyclic) bond motifs is 1. The standard InChI is InChI=1S/C23H26N4O7/c1-23(2,3)34-21(31)25-15(20(29)30)10-13-6-7-16(18(11-13)33-5)27-19(28)14-8-9-24-12-17(14)26(4)22(27)32/h6-9,11-12,15H,10H2,1-5H3,(H,25,31)(H,29,30). The Hall–Kier alpha value is -4.15. The van der Waals surface area contributed by atoms with Crippen LogP contribution in [-0.2, 0) is 23.0 Å². The van der Waals surface area contributed by atoms with Crippen LogP contribution in [0.1, 0.15) is 26.3 Å². The lowest BCUT2D eigenvalue weighted by Crippen LogP contribution is -2.44. The number of aliphatic carboxylic acids is 1. The molecule has 0 saturated heterocycles. The molecule has 2 N–H and O–H groups in total. The van der Waals surface area contributed by atoms with Crippen LogP contribution in [0.15, 0.2) is 46.2 Å². The number of nitrogens with one attached hydrogen (secondary N) is 1. The summed E-state index contributed by atoms with van der Waals surface area (Å²) >= 11 is 0. The molecule has 0 radical (unpaired) electrons. The van der Waals surface area contributed by atoms with Gasteiger partial charge in [0, 0.05) is 19.7 Å². The number of hydrogen-bond acceptors (Lipinski definition) is 7. The Bertz CT molecular complexity index is 1370. The lowest BCUT2D eigenvalue weighted by molar-refractivity contribution is -0.139. The molecule has 1 unspecified atom stereocenters. The number of alkyl carbamates (subject to hydrolysis) is 1. The number of nitrogens with zero attached hydrogens (tertiary/aromatic N) is 3. The number of methoxy groups -OCH3 is 1. The number of pyridine rings is 1. The van der Waals surface area contributed by atoms with E-state index in [1.165, 1.54) is 49.3 Å². The molecule has 11 nitrogen and oxygen atoms in total. The van der Waals surface area contributed by atoms with Crippen molar-refractivity contribution in [2.45, 2.75) is 38.8 Å². The van der Waals surface area contributed by atoms with Gasteiger partial charge in [-0.1, -0.05) is 6.07 Å². The van der Waals surface area contributed by atoms with Gasteiger partial charge in [-0.05, 0) is 44.5 Å².